The van der Waals surface area contributed by atoms with Crippen LogP contribution in [0.15, 0.2) is 0 Å². The third kappa shape index (κ3) is 2.53. The molecule has 2 unspecified atom stereocenters. The highest BCUT2D eigenvalue weighted by Gasteiger charge is 2.41. The minimum atomic E-state index is -2.36. The first-order chi connectivity index (χ1) is 5.67. The third-order valence-corrected chi connectivity index (χ3v) is 3.21. The van der Waals surface area contributed by atoms with Crippen molar-refractivity contribution >= 4 is 12.4 Å². The van der Waals surface area contributed by atoms with E-state index in [1.165, 1.54) is 0 Å². The molecule has 0 amide bonds. The van der Waals surface area contributed by atoms with Crippen LogP contribution in [0.5, 0.6) is 0 Å². The Balaban J connectivity index is 0.000000845. The van der Waals surface area contributed by atoms with E-state index in [1.807, 2.05) is 0 Å². The van der Waals surface area contributed by atoms with E-state index in [9.17, 15) is 8.78 Å². The third-order valence-electron chi connectivity index (χ3n) is 3.21. The quantitative estimate of drug-likeness (QED) is 0.649. The smallest absolute Gasteiger partial charge is 0.248 e. The van der Waals surface area contributed by atoms with Crippen molar-refractivity contribution in [3.63, 3.8) is 0 Å². The maximum atomic E-state index is 13.0. The molecular formula is C9H16ClF2N. The van der Waals surface area contributed by atoms with Gasteiger partial charge in [-0.1, -0.05) is 0 Å². The summed E-state index contributed by atoms with van der Waals surface area (Å²) in [5.74, 6) is -1.55. The molecule has 4 heteroatoms. The summed E-state index contributed by atoms with van der Waals surface area (Å²) in [6.45, 7) is 1.89. The molecule has 0 aromatic rings. The summed E-state index contributed by atoms with van der Waals surface area (Å²) in [5, 5.41) is 3.27. The molecule has 1 heterocycles. The lowest BCUT2D eigenvalue weighted by Crippen LogP contribution is -2.43. The zero-order chi connectivity index (χ0) is 8.60. The van der Waals surface area contributed by atoms with Gasteiger partial charge in [-0.25, -0.2) is 8.78 Å². The largest absolute Gasteiger partial charge is 0.316 e. The second-order valence-corrected chi connectivity index (χ2v) is 4.11. The Morgan fingerprint density at radius 2 is 1.92 bits per heavy atom. The van der Waals surface area contributed by atoms with E-state index in [1.54, 1.807) is 0 Å². The fourth-order valence-electron chi connectivity index (χ4n) is 2.47. The molecule has 1 saturated carbocycles. The van der Waals surface area contributed by atoms with E-state index < -0.39 is 5.92 Å². The fourth-order valence-corrected chi connectivity index (χ4v) is 2.47. The Hall–Kier alpha value is 0.110. The zero-order valence-electron chi connectivity index (χ0n) is 7.56. The van der Waals surface area contributed by atoms with E-state index in [0.29, 0.717) is 12.3 Å². The van der Waals surface area contributed by atoms with Gasteiger partial charge in [0.15, 0.2) is 0 Å². The average Bonchev–Trinajstić information content (AvgIpc) is 2.02. The van der Waals surface area contributed by atoms with Gasteiger partial charge >= 0.3 is 0 Å². The SMILES string of the molecule is Cl.FC1(F)CCC2CNCCC2C1. The van der Waals surface area contributed by atoms with Gasteiger partial charge in [-0.2, -0.15) is 0 Å². The van der Waals surface area contributed by atoms with Crippen LogP contribution < -0.4 is 5.32 Å². The predicted molar refractivity (Wildman–Crippen MR) is 50.5 cm³/mol. The standard InChI is InChI=1S/C9H15F2N.ClH/c10-9(11)3-1-8-6-12-4-2-7(8)5-9;/h7-8,12H,1-6H2;1H. The van der Waals surface area contributed by atoms with Crippen molar-refractivity contribution in [2.45, 2.75) is 31.6 Å². The molecule has 0 aromatic carbocycles. The maximum absolute atomic E-state index is 13.0. The number of rotatable bonds is 0. The Labute approximate surface area is 83.7 Å². The van der Waals surface area contributed by atoms with Gasteiger partial charge in [0.2, 0.25) is 5.92 Å². The van der Waals surface area contributed by atoms with Gasteiger partial charge < -0.3 is 5.32 Å². The molecule has 1 N–H and O–H groups in total. The van der Waals surface area contributed by atoms with Gasteiger partial charge in [0.25, 0.3) is 0 Å². The van der Waals surface area contributed by atoms with E-state index in [2.05, 4.69) is 5.32 Å². The number of fused-ring (bicyclic) bond motifs is 1. The van der Waals surface area contributed by atoms with Crippen LogP contribution in [0.25, 0.3) is 0 Å². The van der Waals surface area contributed by atoms with Crippen molar-refractivity contribution < 1.29 is 8.78 Å². The first-order valence-corrected chi connectivity index (χ1v) is 4.76. The van der Waals surface area contributed by atoms with E-state index in [0.717, 1.165) is 19.5 Å². The summed E-state index contributed by atoms with van der Waals surface area (Å²) in [7, 11) is 0. The molecule has 78 valence electrons. The Bertz CT molecular complexity index is 175. The number of nitrogens with one attached hydrogen (secondary N) is 1. The molecular weight excluding hydrogens is 196 g/mol. The lowest BCUT2D eigenvalue weighted by atomic mass is 9.74. The second-order valence-electron chi connectivity index (χ2n) is 4.11. The van der Waals surface area contributed by atoms with Gasteiger partial charge in [-0.15, -0.1) is 12.4 Å². The van der Waals surface area contributed by atoms with Crippen molar-refractivity contribution in [2.24, 2.45) is 11.8 Å². The maximum Gasteiger partial charge on any atom is 0.248 e. The molecule has 2 aliphatic rings. The first-order valence-electron chi connectivity index (χ1n) is 4.76. The van der Waals surface area contributed by atoms with Crippen molar-refractivity contribution in [1.29, 1.82) is 0 Å². The van der Waals surface area contributed by atoms with Crippen molar-refractivity contribution in [3.8, 4) is 0 Å². The number of hydrogen-bond donors (Lipinski definition) is 1. The minimum absolute atomic E-state index is 0. The van der Waals surface area contributed by atoms with Gasteiger partial charge in [0, 0.05) is 12.8 Å². The topological polar surface area (TPSA) is 12.0 Å². The highest BCUT2D eigenvalue weighted by atomic mass is 35.5. The number of halogens is 3. The molecule has 1 aliphatic carbocycles. The van der Waals surface area contributed by atoms with Crippen LogP contribution in [0, 0.1) is 11.8 Å². The van der Waals surface area contributed by atoms with E-state index in [-0.39, 0.29) is 31.2 Å². The summed E-state index contributed by atoms with van der Waals surface area (Å²) in [6, 6.07) is 0. The summed E-state index contributed by atoms with van der Waals surface area (Å²) in [5.41, 5.74) is 0. The number of alkyl halides is 2. The molecule has 1 aliphatic heterocycles. The molecule has 2 rings (SSSR count). The molecule has 2 atom stereocenters. The average molecular weight is 212 g/mol. The highest BCUT2D eigenvalue weighted by Crippen LogP contribution is 2.42. The Morgan fingerprint density at radius 1 is 1.15 bits per heavy atom. The summed E-state index contributed by atoms with van der Waals surface area (Å²) < 4.78 is 25.9. The minimum Gasteiger partial charge on any atom is -0.316 e. The Morgan fingerprint density at radius 3 is 2.69 bits per heavy atom. The van der Waals surface area contributed by atoms with E-state index in [4.69, 9.17) is 0 Å². The van der Waals surface area contributed by atoms with Crippen LogP contribution in [-0.4, -0.2) is 19.0 Å². The van der Waals surface area contributed by atoms with Crippen molar-refractivity contribution in [3.05, 3.63) is 0 Å². The number of hydrogen-bond acceptors (Lipinski definition) is 1. The molecule has 13 heavy (non-hydrogen) atoms. The van der Waals surface area contributed by atoms with Gasteiger partial charge in [0.1, 0.15) is 0 Å². The lowest BCUT2D eigenvalue weighted by Gasteiger charge is -2.39. The molecule has 0 spiro atoms. The summed E-state index contributed by atoms with van der Waals surface area (Å²) in [6.07, 6.45) is 1.90. The molecule has 0 radical (unpaired) electrons. The van der Waals surface area contributed by atoms with Crippen LogP contribution >= 0.6 is 12.4 Å². The molecule has 0 bridgehead atoms. The highest BCUT2D eigenvalue weighted by molar-refractivity contribution is 5.85. The van der Waals surface area contributed by atoms with Crippen molar-refractivity contribution in [2.75, 3.05) is 13.1 Å². The Kier molecular flexibility index (Phi) is 3.52. The van der Waals surface area contributed by atoms with Crippen LogP contribution in [-0.2, 0) is 0 Å². The summed E-state index contributed by atoms with van der Waals surface area (Å²) >= 11 is 0. The van der Waals surface area contributed by atoms with Gasteiger partial charge in [-0.3, -0.25) is 0 Å². The molecule has 0 aromatic heterocycles. The van der Waals surface area contributed by atoms with Gasteiger partial charge in [-0.05, 0) is 37.8 Å². The monoisotopic (exact) mass is 211 g/mol. The zero-order valence-corrected chi connectivity index (χ0v) is 8.38. The van der Waals surface area contributed by atoms with Crippen LogP contribution in [0.4, 0.5) is 8.78 Å². The fraction of sp³-hybridized carbons (Fsp3) is 1.00. The van der Waals surface area contributed by atoms with Crippen molar-refractivity contribution in [1.82, 2.24) is 5.32 Å². The van der Waals surface area contributed by atoms with Gasteiger partial charge in [0.05, 0.1) is 0 Å². The summed E-state index contributed by atoms with van der Waals surface area (Å²) in [4.78, 5) is 0. The van der Waals surface area contributed by atoms with Crippen LogP contribution in [0.3, 0.4) is 0 Å². The number of piperidine rings is 1. The second kappa shape index (κ2) is 4.09. The molecule has 1 saturated heterocycles. The normalized spacial score (nSPS) is 37.4. The lowest BCUT2D eigenvalue weighted by molar-refractivity contribution is -0.0744. The molecule has 2 fully saturated rings. The first kappa shape index (κ1) is 11.2. The van der Waals surface area contributed by atoms with E-state index >= 15 is 0 Å². The molecule has 1 nitrogen and oxygen atoms in total. The van der Waals surface area contributed by atoms with Crippen LogP contribution in [0.1, 0.15) is 25.7 Å². The van der Waals surface area contributed by atoms with Crippen LogP contribution in [0.2, 0.25) is 0 Å². The predicted octanol–water partition coefficient (Wildman–Crippen LogP) is 2.45.